The van der Waals surface area contributed by atoms with Crippen LogP contribution in [-0.2, 0) is 0 Å². The first-order chi connectivity index (χ1) is 15.3. The van der Waals surface area contributed by atoms with Gasteiger partial charge in [0, 0.05) is 17.1 Å². The van der Waals surface area contributed by atoms with E-state index in [1.54, 1.807) is 24.4 Å². The number of ether oxygens (including phenoxy) is 4. The predicted molar refractivity (Wildman–Crippen MR) is 125 cm³/mol. The molecule has 0 bridgehead atoms. The van der Waals surface area contributed by atoms with Crippen LogP contribution in [0.25, 0.3) is 10.8 Å². The molecule has 0 N–H and O–H groups in total. The monoisotopic (exact) mass is 437 g/mol. The largest absolute Gasteiger partial charge is 0.490 e. The van der Waals surface area contributed by atoms with Crippen molar-refractivity contribution in [1.29, 1.82) is 0 Å². The number of benzene rings is 2. The Labute approximate surface area is 189 Å². The predicted octanol–water partition coefficient (Wildman–Crippen LogP) is 5.84. The lowest BCUT2D eigenvalue weighted by atomic mass is 10.0. The summed E-state index contributed by atoms with van der Waals surface area (Å²) in [5.74, 6) is 2.18. The topological polar surface area (TPSA) is 66.9 Å². The number of ketones is 1. The van der Waals surface area contributed by atoms with Crippen molar-refractivity contribution in [3.63, 3.8) is 0 Å². The van der Waals surface area contributed by atoms with Gasteiger partial charge in [-0.3, -0.25) is 9.78 Å². The number of aromatic nitrogens is 1. The number of rotatable bonds is 10. The summed E-state index contributed by atoms with van der Waals surface area (Å²) in [6, 6.07) is 10.8. The van der Waals surface area contributed by atoms with Crippen LogP contribution in [-0.4, -0.2) is 36.2 Å². The Balaban J connectivity index is 2.10. The molecule has 6 nitrogen and oxygen atoms in total. The minimum atomic E-state index is -0.201. The highest BCUT2D eigenvalue weighted by atomic mass is 16.5. The fourth-order valence-corrected chi connectivity index (χ4v) is 3.38. The molecule has 0 spiro atoms. The average molecular weight is 438 g/mol. The van der Waals surface area contributed by atoms with Gasteiger partial charge in [0.25, 0.3) is 0 Å². The van der Waals surface area contributed by atoms with E-state index in [0.717, 1.165) is 5.39 Å². The maximum atomic E-state index is 13.5. The Hall–Kier alpha value is -3.28. The summed E-state index contributed by atoms with van der Waals surface area (Å²) in [4.78, 5) is 17.9. The molecule has 0 aliphatic heterocycles. The van der Waals surface area contributed by atoms with Gasteiger partial charge in [-0.2, -0.15) is 0 Å². The first-order valence-electron chi connectivity index (χ1n) is 11.0. The van der Waals surface area contributed by atoms with E-state index < -0.39 is 0 Å². The molecule has 3 rings (SSSR count). The fraction of sp³-hybridized carbons (Fsp3) is 0.385. The number of nitrogens with zero attached hydrogens (tertiary/aromatic N) is 1. The van der Waals surface area contributed by atoms with Crippen molar-refractivity contribution < 1.29 is 23.7 Å². The average Bonchev–Trinajstić information content (AvgIpc) is 2.74. The summed E-state index contributed by atoms with van der Waals surface area (Å²) in [5, 5.41) is 1.56. The minimum absolute atomic E-state index is 0.00857. The molecule has 0 atom stereocenters. The number of carbonyl (C=O) groups is 1. The van der Waals surface area contributed by atoms with Crippen molar-refractivity contribution in [1.82, 2.24) is 4.98 Å². The van der Waals surface area contributed by atoms with Crippen molar-refractivity contribution in [2.45, 2.75) is 53.8 Å². The van der Waals surface area contributed by atoms with E-state index in [-0.39, 0.29) is 18.0 Å². The number of carbonyl (C=O) groups excluding carboxylic acids is 1. The van der Waals surface area contributed by atoms with Gasteiger partial charge < -0.3 is 18.9 Å². The fourth-order valence-electron chi connectivity index (χ4n) is 3.38. The second-order valence-electron chi connectivity index (χ2n) is 7.87. The molecule has 32 heavy (non-hydrogen) atoms. The molecule has 0 unspecified atom stereocenters. The Morgan fingerprint density at radius 1 is 0.812 bits per heavy atom. The maximum Gasteiger partial charge on any atom is 0.212 e. The quantitative estimate of drug-likeness (QED) is 0.371. The summed E-state index contributed by atoms with van der Waals surface area (Å²) in [6.07, 6.45) is 1.58. The summed E-state index contributed by atoms with van der Waals surface area (Å²) in [6.45, 7) is 12.6. The van der Waals surface area contributed by atoms with Gasteiger partial charge >= 0.3 is 0 Å². The number of hydrogen-bond acceptors (Lipinski definition) is 6. The van der Waals surface area contributed by atoms with Gasteiger partial charge in [0.1, 0.15) is 5.69 Å². The molecule has 0 saturated carbocycles. The highest BCUT2D eigenvalue weighted by Gasteiger charge is 2.20. The summed E-state index contributed by atoms with van der Waals surface area (Å²) in [7, 11) is 0. The highest BCUT2D eigenvalue weighted by molar-refractivity contribution is 6.15. The molecule has 0 aliphatic carbocycles. The number of fused-ring (bicyclic) bond motifs is 1. The lowest BCUT2D eigenvalue weighted by Crippen LogP contribution is -2.11. The van der Waals surface area contributed by atoms with E-state index in [1.807, 2.05) is 59.7 Å². The standard InChI is InChI=1S/C26H31NO5/c1-7-29-21-10-9-19(14-22(21)30-8-2)26(28)25-20-15-24(32-17(5)6)23(31-16(3)4)13-18(20)11-12-27-25/h9-17H,7-8H2,1-6H3. The van der Waals surface area contributed by atoms with Gasteiger partial charge in [0.05, 0.1) is 25.4 Å². The molecule has 3 aromatic rings. The summed E-state index contributed by atoms with van der Waals surface area (Å²) in [5.41, 5.74) is 0.824. The maximum absolute atomic E-state index is 13.5. The first-order valence-corrected chi connectivity index (χ1v) is 11.0. The minimum Gasteiger partial charge on any atom is -0.490 e. The third kappa shape index (κ3) is 5.31. The van der Waals surface area contributed by atoms with Crippen LogP contribution in [0.1, 0.15) is 57.6 Å². The van der Waals surface area contributed by atoms with Gasteiger partial charge in [-0.05, 0) is 83.3 Å². The molecule has 0 radical (unpaired) electrons. The van der Waals surface area contributed by atoms with E-state index in [2.05, 4.69) is 4.98 Å². The van der Waals surface area contributed by atoms with Crippen LogP contribution >= 0.6 is 0 Å². The highest BCUT2D eigenvalue weighted by Crippen LogP contribution is 2.36. The van der Waals surface area contributed by atoms with Crippen molar-refractivity contribution in [2.75, 3.05) is 13.2 Å². The SMILES string of the molecule is CCOc1ccc(C(=O)c2nccc3cc(OC(C)C)c(OC(C)C)cc23)cc1OCC. The normalized spacial score (nSPS) is 11.1. The second kappa shape index (κ2) is 10.4. The van der Waals surface area contributed by atoms with E-state index in [1.165, 1.54) is 0 Å². The Kier molecular flexibility index (Phi) is 7.57. The molecular formula is C26H31NO5. The third-order valence-electron chi connectivity index (χ3n) is 4.57. The molecule has 0 amide bonds. The van der Waals surface area contributed by atoms with Crippen LogP contribution in [0.15, 0.2) is 42.6 Å². The van der Waals surface area contributed by atoms with Gasteiger partial charge in [-0.25, -0.2) is 0 Å². The zero-order valence-electron chi connectivity index (χ0n) is 19.6. The Morgan fingerprint density at radius 3 is 2.06 bits per heavy atom. The van der Waals surface area contributed by atoms with Crippen molar-refractivity contribution in [3.8, 4) is 23.0 Å². The molecule has 0 saturated heterocycles. The first kappa shape index (κ1) is 23.4. The Bertz CT molecular complexity index is 1090. The van der Waals surface area contributed by atoms with E-state index >= 15 is 0 Å². The summed E-state index contributed by atoms with van der Waals surface area (Å²) >= 11 is 0. The molecule has 0 aliphatic rings. The molecule has 1 aromatic heterocycles. The summed E-state index contributed by atoms with van der Waals surface area (Å²) < 4.78 is 23.2. The van der Waals surface area contributed by atoms with Crippen LogP contribution in [0, 0.1) is 0 Å². The van der Waals surface area contributed by atoms with Crippen molar-refractivity contribution in [3.05, 3.63) is 53.9 Å². The number of hydrogen-bond donors (Lipinski definition) is 0. The molecule has 6 heteroatoms. The van der Waals surface area contributed by atoms with E-state index in [4.69, 9.17) is 18.9 Å². The molecule has 0 fully saturated rings. The van der Waals surface area contributed by atoms with Crippen molar-refractivity contribution >= 4 is 16.6 Å². The smallest absolute Gasteiger partial charge is 0.212 e. The molecule has 1 heterocycles. The van der Waals surface area contributed by atoms with Crippen LogP contribution in [0.3, 0.4) is 0 Å². The van der Waals surface area contributed by atoms with Gasteiger partial charge in [-0.1, -0.05) is 0 Å². The van der Waals surface area contributed by atoms with Gasteiger partial charge in [-0.15, -0.1) is 0 Å². The van der Waals surface area contributed by atoms with Gasteiger partial charge in [0.15, 0.2) is 23.0 Å². The van der Waals surface area contributed by atoms with Crippen LogP contribution in [0.5, 0.6) is 23.0 Å². The van der Waals surface area contributed by atoms with Gasteiger partial charge in [0.2, 0.25) is 5.78 Å². The lowest BCUT2D eigenvalue weighted by molar-refractivity contribution is 0.103. The molecular weight excluding hydrogens is 406 g/mol. The zero-order valence-corrected chi connectivity index (χ0v) is 19.6. The second-order valence-corrected chi connectivity index (χ2v) is 7.87. The Morgan fingerprint density at radius 2 is 1.44 bits per heavy atom. The van der Waals surface area contributed by atoms with E-state index in [9.17, 15) is 4.79 Å². The molecule has 170 valence electrons. The zero-order chi connectivity index (χ0) is 23.3. The molecule has 2 aromatic carbocycles. The van der Waals surface area contributed by atoms with Crippen LogP contribution < -0.4 is 18.9 Å². The van der Waals surface area contributed by atoms with Crippen molar-refractivity contribution in [2.24, 2.45) is 0 Å². The van der Waals surface area contributed by atoms with Crippen LogP contribution in [0.2, 0.25) is 0 Å². The van der Waals surface area contributed by atoms with Crippen LogP contribution in [0.4, 0.5) is 0 Å². The third-order valence-corrected chi connectivity index (χ3v) is 4.57. The van der Waals surface area contributed by atoms with E-state index in [0.29, 0.717) is 52.9 Å². The lowest BCUT2D eigenvalue weighted by Gasteiger charge is -2.18. The number of pyridine rings is 1.